The summed E-state index contributed by atoms with van der Waals surface area (Å²) in [6.45, 7) is 2.97. The number of carboxylic acids is 1. The van der Waals surface area contributed by atoms with Crippen molar-refractivity contribution in [1.29, 1.82) is 0 Å². The Hall–Kier alpha value is -2.22. The van der Waals surface area contributed by atoms with Crippen molar-refractivity contribution < 1.29 is 19.7 Å². The number of piperidine rings is 1. The number of aliphatic hydroxyl groups is 1. The van der Waals surface area contributed by atoms with Crippen molar-refractivity contribution in [2.24, 2.45) is 17.1 Å². The summed E-state index contributed by atoms with van der Waals surface area (Å²) >= 11 is 0. The summed E-state index contributed by atoms with van der Waals surface area (Å²) in [5.41, 5.74) is 7.47. The number of fused-ring (bicyclic) bond motifs is 1. The second-order valence-electron chi connectivity index (χ2n) is 10.6. The molecule has 1 atom stereocenters. The quantitative estimate of drug-likeness (QED) is 0.451. The van der Waals surface area contributed by atoms with Crippen molar-refractivity contribution in [2.45, 2.75) is 76.9 Å². The Labute approximate surface area is 208 Å². The zero-order chi connectivity index (χ0) is 24.8. The molecule has 4 N–H and O–H groups in total. The molecule has 0 bridgehead atoms. The van der Waals surface area contributed by atoms with Gasteiger partial charge in [0.1, 0.15) is 5.75 Å². The Balaban J connectivity index is 1.42. The van der Waals surface area contributed by atoms with Gasteiger partial charge in [0, 0.05) is 18.1 Å². The highest BCUT2D eigenvalue weighted by atomic mass is 16.5. The summed E-state index contributed by atoms with van der Waals surface area (Å²) in [7, 11) is 1.61. The molecule has 35 heavy (non-hydrogen) atoms. The van der Waals surface area contributed by atoms with E-state index in [4.69, 9.17) is 10.5 Å². The van der Waals surface area contributed by atoms with E-state index in [1.54, 1.807) is 13.3 Å². The van der Waals surface area contributed by atoms with Gasteiger partial charge in [-0.1, -0.05) is 32.1 Å². The third kappa shape index (κ3) is 5.96. The Morgan fingerprint density at radius 3 is 2.66 bits per heavy atom. The molecule has 0 spiro atoms. The van der Waals surface area contributed by atoms with Crippen LogP contribution in [0, 0.1) is 11.3 Å². The van der Waals surface area contributed by atoms with E-state index in [1.807, 2.05) is 18.2 Å². The van der Waals surface area contributed by atoms with Gasteiger partial charge in [0.05, 0.1) is 24.1 Å². The number of aromatic nitrogens is 1. The fraction of sp³-hybridized carbons (Fsp3) is 0.643. The number of nitrogens with two attached hydrogens (primary N) is 1. The molecule has 1 aliphatic heterocycles. The maximum Gasteiger partial charge on any atom is 0.309 e. The van der Waals surface area contributed by atoms with Crippen molar-refractivity contribution >= 4 is 16.9 Å². The molecule has 2 heterocycles. The van der Waals surface area contributed by atoms with Gasteiger partial charge in [0.15, 0.2) is 0 Å². The van der Waals surface area contributed by atoms with E-state index in [0.717, 1.165) is 47.6 Å². The van der Waals surface area contributed by atoms with Crippen LogP contribution in [0.3, 0.4) is 0 Å². The van der Waals surface area contributed by atoms with Gasteiger partial charge in [-0.2, -0.15) is 0 Å². The third-order valence-corrected chi connectivity index (χ3v) is 8.49. The van der Waals surface area contributed by atoms with E-state index >= 15 is 0 Å². The first-order valence-electron chi connectivity index (χ1n) is 13.2. The predicted molar refractivity (Wildman–Crippen MR) is 137 cm³/mol. The van der Waals surface area contributed by atoms with Crippen molar-refractivity contribution in [1.82, 2.24) is 9.88 Å². The number of hydrogen-bond acceptors (Lipinski definition) is 6. The first kappa shape index (κ1) is 25.9. The molecule has 1 aromatic carbocycles. The summed E-state index contributed by atoms with van der Waals surface area (Å²) in [5.74, 6) is 0.789. The normalized spacial score (nSPS) is 20.1. The minimum Gasteiger partial charge on any atom is -0.497 e. The minimum atomic E-state index is -0.813. The molecule has 7 nitrogen and oxygen atoms in total. The smallest absolute Gasteiger partial charge is 0.309 e. The lowest BCUT2D eigenvalue weighted by atomic mass is 9.73. The van der Waals surface area contributed by atoms with Crippen molar-refractivity contribution in [2.75, 3.05) is 26.7 Å². The summed E-state index contributed by atoms with van der Waals surface area (Å²) < 4.78 is 5.38. The number of hydrogen-bond donors (Lipinski definition) is 3. The summed E-state index contributed by atoms with van der Waals surface area (Å²) in [6.07, 6.45) is 11.0. The molecule has 192 valence electrons. The molecular weight excluding hydrogens is 442 g/mol. The number of likely N-dealkylation sites (tertiary alicyclic amines) is 1. The average molecular weight is 484 g/mol. The van der Waals surface area contributed by atoms with Crippen LogP contribution in [0.15, 0.2) is 24.4 Å². The monoisotopic (exact) mass is 483 g/mol. The summed E-state index contributed by atoms with van der Waals surface area (Å²) in [5, 5.41) is 22.3. The molecular formula is C28H41N3O4. The van der Waals surface area contributed by atoms with Crippen LogP contribution in [0.5, 0.6) is 5.75 Å². The van der Waals surface area contributed by atoms with Gasteiger partial charge in [-0.25, -0.2) is 0 Å². The minimum absolute atomic E-state index is 0.257. The van der Waals surface area contributed by atoms with Gasteiger partial charge >= 0.3 is 5.97 Å². The summed E-state index contributed by atoms with van der Waals surface area (Å²) in [4.78, 5) is 19.3. The highest BCUT2D eigenvalue weighted by Crippen LogP contribution is 2.40. The van der Waals surface area contributed by atoms with Crippen molar-refractivity contribution in [3.05, 3.63) is 35.5 Å². The fourth-order valence-electron chi connectivity index (χ4n) is 6.09. The number of ether oxygens (including phenoxy) is 1. The van der Waals surface area contributed by atoms with Crippen molar-refractivity contribution in [3.8, 4) is 5.75 Å². The number of rotatable bonds is 10. The largest absolute Gasteiger partial charge is 0.497 e. The molecule has 2 fully saturated rings. The van der Waals surface area contributed by atoms with Crippen LogP contribution < -0.4 is 10.5 Å². The lowest BCUT2D eigenvalue weighted by Crippen LogP contribution is -2.45. The van der Waals surface area contributed by atoms with Crippen LogP contribution in [0.4, 0.5) is 0 Å². The van der Waals surface area contributed by atoms with Crippen LogP contribution >= 0.6 is 0 Å². The van der Waals surface area contributed by atoms with E-state index in [0.29, 0.717) is 31.4 Å². The van der Waals surface area contributed by atoms with Gasteiger partial charge in [0.25, 0.3) is 0 Å². The van der Waals surface area contributed by atoms with E-state index < -0.39 is 17.5 Å². The molecule has 1 saturated carbocycles. The first-order chi connectivity index (χ1) is 17.0. The second kappa shape index (κ2) is 11.7. The molecule has 1 aromatic heterocycles. The van der Waals surface area contributed by atoms with Crippen LogP contribution in [-0.4, -0.2) is 52.8 Å². The Morgan fingerprint density at radius 1 is 1.26 bits per heavy atom. The Morgan fingerprint density at radius 2 is 2.00 bits per heavy atom. The lowest BCUT2D eigenvalue weighted by Gasteiger charge is -2.40. The number of aliphatic carboxylic acids is 1. The van der Waals surface area contributed by atoms with Gasteiger partial charge < -0.3 is 25.6 Å². The SMILES string of the molecule is COc1ccc2ncc(CN)c([C@@H](O)CCC3(C(=O)O)CCN(CCC4CCCCC4)CC3)c2c1. The Kier molecular flexibility index (Phi) is 8.63. The van der Waals surface area contributed by atoms with E-state index in [9.17, 15) is 15.0 Å². The number of carbonyl (C=O) groups is 1. The van der Waals surface area contributed by atoms with Gasteiger partial charge in [-0.05, 0) is 87.0 Å². The standard InChI is InChI=1S/C28H41N3O4/c1-35-22-7-8-24-23(17-22)26(21(18-29)19-30-24)25(32)9-11-28(27(33)34)12-15-31(16-13-28)14-10-20-5-3-2-4-6-20/h7-8,17,19-20,25,32H,2-6,9-16,18,29H2,1H3,(H,33,34)/t25-/m0/s1. The second-order valence-corrected chi connectivity index (χ2v) is 10.6. The molecule has 7 heteroatoms. The average Bonchev–Trinajstić information content (AvgIpc) is 2.90. The highest BCUT2D eigenvalue weighted by molar-refractivity contribution is 5.85. The molecule has 0 radical (unpaired) electrons. The molecule has 0 unspecified atom stereocenters. The topological polar surface area (TPSA) is 109 Å². The number of pyridine rings is 1. The number of aliphatic hydroxyl groups excluding tert-OH is 1. The molecule has 4 rings (SSSR count). The van der Waals surface area contributed by atoms with E-state index in [-0.39, 0.29) is 6.54 Å². The van der Waals surface area contributed by atoms with Crippen LogP contribution in [0.2, 0.25) is 0 Å². The van der Waals surface area contributed by atoms with Gasteiger partial charge in [0.2, 0.25) is 0 Å². The summed E-state index contributed by atoms with van der Waals surface area (Å²) in [6, 6.07) is 5.58. The first-order valence-corrected chi connectivity index (χ1v) is 13.2. The van der Waals surface area contributed by atoms with Crippen molar-refractivity contribution in [3.63, 3.8) is 0 Å². The van der Waals surface area contributed by atoms with Gasteiger partial charge in [-0.15, -0.1) is 0 Å². The number of methoxy groups -OCH3 is 1. The zero-order valence-corrected chi connectivity index (χ0v) is 21.0. The van der Waals surface area contributed by atoms with Gasteiger partial charge in [-0.3, -0.25) is 9.78 Å². The maximum atomic E-state index is 12.4. The third-order valence-electron chi connectivity index (χ3n) is 8.49. The predicted octanol–water partition coefficient (Wildman–Crippen LogP) is 4.65. The molecule has 1 aliphatic carbocycles. The molecule has 1 saturated heterocycles. The Bertz CT molecular complexity index is 992. The number of benzene rings is 1. The number of nitrogens with zero attached hydrogens (tertiary/aromatic N) is 2. The highest BCUT2D eigenvalue weighted by Gasteiger charge is 2.41. The maximum absolute atomic E-state index is 12.4. The number of carboxylic acid groups (broad SMARTS) is 1. The molecule has 0 amide bonds. The fourth-order valence-corrected chi connectivity index (χ4v) is 6.09. The zero-order valence-electron chi connectivity index (χ0n) is 21.0. The molecule has 2 aromatic rings. The lowest BCUT2D eigenvalue weighted by molar-refractivity contribution is -0.153. The van der Waals surface area contributed by atoms with Crippen LogP contribution in [-0.2, 0) is 11.3 Å². The van der Waals surface area contributed by atoms with Crippen LogP contribution in [0.1, 0.15) is 81.4 Å². The molecule has 2 aliphatic rings. The van der Waals surface area contributed by atoms with Crippen LogP contribution in [0.25, 0.3) is 10.9 Å². The van der Waals surface area contributed by atoms with E-state index in [1.165, 1.54) is 38.5 Å². The van der Waals surface area contributed by atoms with E-state index in [2.05, 4.69) is 9.88 Å².